The average molecular weight is 505 g/mol. The lowest BCUT2D eigenvalue weighted by atomic mass is 9.98. The monoisotopic (exact) mass is 504 g/mol. The van der Waals surface area contributed by atoms with Gasteiger partial charge in [0.15, 0.2) is 0 Å². The van der Waals surface area contributed by atoms with E-state index in [4.69, 9.17) is 23.2 Å². The lowest BCUT2D eigenvalue weighted by Crippen LogP contribution is -2.38. The molecule has 0 spiro atoms. The molecule has 3 rings (SSSR count). The first kappa shape index (κ1) is 25.1. The fraction of sp³-hybridized carbons (Fsp3) is 0.240. The third kappa shape index (κ3) is 5.69. The van der Waals surface area contributed by atoms with Gasteiger partial charge in [0.25, 0.3) is 10.0 Å². The quantitative estimate of drug-likeness (QED) is 0.395. The summed E-state index contributed by atoms with van der Waals surface area (Å²) in [5, 5.41) is 3.40. The Morgan fingerprint density at radius 3 is 2.24 bits per heavy atom. The van der Waals surface area contributed by atoms with Crippen LogP contribution in [0.25, 0.3) is 0 Å². The second kappa shape index (κ2) is 10.2. The van der Waals surface area contributed by atoms with E-state index in [-0.39, 0.29) is 21.5 Å². The van der Waals surface area contributed by atoms with E-state index in [9.17, 15) is 13.2 Å². The van der Waals surface area contributed by atoms with Crippen LogP contribution in [0.15, 0.2) is 65.6 Å². The predicted molar refractivity (Wildman–Crippen MR) is 136 cm³/mol. The van der Waals surface area contributed by atoms with Crippen LogP contribution in [-0.2, 0) is 14.8 Å². The van der Waals surface area contributed by atoms with Gasteiger partial charge in [-0.15, -0.1) is 0 Å². The van der Waals surface area contributed by atoms with Gasteiger partial charge in [0.05, 0.1) is 20.6 Å². The molecule has 0 fully saturated rings. The Bertz CT molecular complexity index is 1270. The van der Waals surface area contributed by atoms with E-state index in [2.05, 4.69) is 5.32 Å². The number of halogens is 2. The Labute approximate surface area is 205 Å². The van der Waals surface area contributed by atoms with Gasteiger partial charge >= 0.3 is 0 Å². The second-order valence-electron chi connectivity index (χ2n) is 8.17. The van der Waals surface area contributed by atoms with Gasteiger partial charge < -0.3 is 5.32 Å². The molecular weight excluding hydrogens is 479 g/mol. The number of aryl methyl sites for hydroxylation is 2. The number of nitrogens with one attached hydrogen (secondary N) is 1. The van der Waals surface area contributed by atoms with Gasteiger partial charge in [-0.05, 0) is 61.2 Å². The topological polar surface area (TPSA) is 66.5 Å². The maximum Gasteiger partial charge on any atom is 0.264 e. The van der Waals surface area contributed by atoms with Crippen molar-refractivity contribution in [3.63, 3.8) is 0 Å². The van der Waals surface area contributed by atoms with E-state index >= 15 is 0 Å². The van der Waals surface area contributed by atoms with Gasteiger partial charge in [0, 0.05) is 5.69 Å². The number of amides is 1. The average Bonchev–Trinajstić information content (AvgIpc) is 2.75. The predicted octanol–water partition coefficient (Wildman–Crippen LogP) is 6.57. The molecule has 0 aliphatic heterocycles. The largest absolute Gasteiger partial charge is 0.324 e. The summed E-state index contributed by atoms with van der Waals surface area (Å²) in [6.07, 6.45) is 0. The fourth-order valence-electron chi connectivity index (χ4n) is 3.44. The third-order valence-electron chi connectivity index (χ3n) is 5.28. The van der Waals surface area contributed by atoms with Crippen molar-refractivity contribution in [3.8, 4) is 0 Å². The summed E-state index contributed by atoms with van der Waals surface area (Å²) in [5.41, 5.74) is 3.74. The molecule has 0 heterocycles. The number of carbonyl (C=O) groups excluding carboxylic acids is 1. The third-order valence-corrected chi connectivity index (χ3v) is 7.81. The molecule has 0 aliphatic carbocycles. The molecule has 0 radical (unpaired) electrons. The van der Waals surface area contributed by atoms with Crippen LogP contribution in [0, 0.1) is 13.8 Å². The number of benzene rings is 3. The molecule has 0 saturated heterocycles. The van der Waals surface area contributed by atoms with Gasteiger partial charge in [0.2, 0.25) is 5.91 Å². The van der Waals surface area contributed by atoms with Crippen LogP contribution in [0.1, 0.15) is 36.5 Å². The van der Waals surface area contributed by atoms with E-state index < -0.39 is 22.5 Å². The number of rotatable bonds is 7. The number of hydrogen-bond acceptors (Lipinski definition) is 3. The first-order valence-electron chi connectivity index (χ1n) is 10.4. The lowest BCUT2D eigenvalue weighted by molar-refractivity contribution is -0.114. The van der Waals surface area contributed by atoms with Crippen LogP contribution in [0.2, 0.25) is 10.0 Å². The van der Waals surface area contributed by atoms with Crippen molar-refractivity contribution in [2.24, 2.45) is 0 Å². The molecule has 1 N–H and O–H groups in total. The van der Waals surface area contributed by atoms with Crippen LogP contribution < -0.4 is 9.62 Å². The van der Waals surface area contributed by atoms with E-state index in [1.165, 1.54) is 30.3 Å². The van der Waals surface area contributed by atoms with E-state index in [0.717, 1.165) is 21.0 Å². The van der Waals surface area contributed by atoms with Crippen LogP contribution in [0.3, 0.4) is 0 Å². The molecule has 0 aromatic heterocycles. The molecule has 0 bridgehead atoms. The first-order valence-corrected chi connectivity index (χ1v) is 12.6. The summed E-state index contributed by atoms with van der Waals surface area (Å²) in [6.45, 7) is 7.42. The highest BCUT2D eigenvalue weighted by Gasteiger charge is 2.28. The summed E-state index contributed by atoms with van der Waals surface area (Å²) in [7, 11) is -4.05. The Balaban J connectivity index is 2.01. The highest BCUT2D eigenvalue weighted by atomic mass is 35.5. The molecule has 3 aromatic rings. The van der Waals surface area contributed by atoms with Crippen molar-refractivity contribution >= 4 is 50.5 Å². The molecule has 5 nitrogen and oxygen atoms in total. The van der Waals surface area contributed by atoms with Crippen molar-refractivity contribution in [3.05, 3.63) is 87.4 Å². The van der Waals surface area contributed by atoms with E-state index in [1.807, 2.05) is 45.9 Å². The summed E-state index contributed by atoms with van der Waals surface area (Å²) < 4.78 is 28.1. The van der Waals surface area contributed by atoms with Crippen molar-refractivity contribution < 1.29 is 13.2 Å². The Morgan fingerprint density at radius 1 is 0.970 bits per heavy atom. The number of anilines is 2. The number of sulfonamides is 1. The van der Waals surface area contributed by atoms with Crippen molar-refractivity contribution in [1.29, 1.82) is 0 Å². The zero-order chi connectivity index (χ0) is 24.3. The highest BCUT2D eigenvalue weighted by Crippen LogP contribution is 2.31. The number of carbonyl (C=O) groups is 1. The molecule has 0 saturated carbocycles. The summed E-state index contributed by atoms with van der Waals surface area (Å²) >= 11 is 12.2. The van der Waals surface area contributed by atoms with E-state index in [0.29, 0.717) is 10.7 Å². The number of nitrogens with zero attached hydrogens (tertiary/aromatic N) is 1. The minimum absolute atomic E-state index is 0.0748. The summed E-state index contributed by atoms with van der Waals surface area (Å²) in [4.78, 5) is 13.2. The minimum Gasteiger partial charge on any atom is -0.324 e. The van der Waals surface area contributed by atoms with Gasteiger partial charge in [0.1, 0.15) is 6.54 Å². The standard InChI is InChI=1S/C25H26Cl2N2O3S/c1-16(2)21-7-5-6-18(4)25(21)28-24(30)15-29(19-10-13-22(26)23(27)14-19)33(31,32)20-11-8-17(3)9-12-20/h5-14,16H,15H2,1-4H3,(H,28,30). The second-order valence-corrected chi connectivity index (χ2v) is 10.8. The smallest absolute Gasteiger partial charge is 0.264 e. The van der Waals surface area contributed by atoms with Crippen molar-refractivity contribution in [1.82, 2.24) is 0 Å². The maximum absolute atomic E-state index is 13.5. The Morgan fingerprint density at radius 2 is 1.64 bits per heavy atom. The SMILES string of the molecule is Cc1ccc(S(=O)(=O)N(CC(=O)Nc2c(C)cccc2C(C)C)c2ccc(Cl)c(Cl)c2)cc1. The minimum atomic E-state index is -4.05. The molecule has 0 aliphatic rings. The molecule has 8 heteroatoms. The van der Waals surface area contributed by atoms with Gasteiger partial charge in [-0.25, -0.2) is 8.42 Å². The van der Waals surface area contributed by atoms with Crippen LogP contribution in [-0.4, -0.2) is 20.9 Å². The summed E-state index contributed by atoms with van der Waals surface area (Å²) in [6, 6.07) is 16.7. The molecule has 3 aromatic carbocycles. The Kier molecular flexibility index (Phi) is 7.73. The van der Waals surface area contributed by atoms with Crippen LogP contribution in [0.5, 0.6) is 0 Å². The van der Waals surface area contributed by atoms with Crippen LogP contribution in [0.4, 0.5) is 11.4 Å². The van der Waals surface area contributed by atoms with Crippen molar-refractivity contribution in [2.75, 3.05) is 16.2 Å². The highest BCUT2D eigenvalue weighted by molar-refractivity contribution is 7.92. The lowest BCUT2D eigenvalue weighted by Gasteiger charge is -2.25. The maximum atomic E-state index is 13.5. The Hall–Kier alpha value is -2.54. The van der Waals surface area contributed by atoms with Crippen molar-refractivity contribution in [2.45, 2.75) is 38.5 Å². The molecular formula is C25H26Cl2N2O3S. The molecule has 1 amide bonds. The molecule has 174 valence electrons. The molecule has 0 unspecified atom stereocenters. The number of hydrogen-bond donors (Lipinski definition) is 1. The van der Waals surface area contributed by atoms with Gasteiger partial charge in [-0.1, -0.05) is 72.9 Å². The molecule has 0 atom stereocenters. The zero-order valence-electron chi connectivity index (χ0n) is 18.9. The number of para-hydroxylation sites is 1. The molecule has 33 heavy (non-hydrogen) atoms. The van der Waals surface area contributed by atoms with E-state index in [1.54, 1.807) is 12.1 Å². The summed E-state index contributed by atoms with van der Waals surface area (Å²) in [5.74, 6) is -0.282. The fourth-order valence-corrected chi connectivity index (χ4v) is 5.15. The van der Waals surface area contributed by atoms with Gasteiger partial charge in [-0.3, -0.25) is 9.10 Å². The van der Waals surface area contributed by atoms with Crippen LogP contribution >= 0.6 is 23.2 Å². The van der Waals surface area contributed by atoms with Gasteiger partial charge in [-0.2, -0.15) is 0 Å². The normalized spacial score (nSPS) is 11.5. The zero-order valence-corrected chi connectivity index (χ0v) is 21.2. The first-order chi connectivity index (χ1) is 15.5.